The van der Waals surface area contributed by atoms with Crippen LogP contribution in [0.1, 0.15) is 118 Å². The number of hydrogen-bond donors (Lipinski definition) is 1. The Hall–Kier alpha value is -1.54. The van der Waals surface area contributed by atoms with E-state index in [4.69, 9.17) is 42.6 Å². The van der Waals surface area contributed by atoms with E-state index in [-0.39, 0.29) is 12.6 Å². The van der Waals surface area contributed by atoms with Gasteiger partial charge in [-0.3, -0.25) is 4.79 Å². The van der Waals surface area contributed by atoms with Gasteiger partial charge in [-0.25, -0.2) is 4.79 Å². The van der Waals surface area contributed by atoms with Gasteiger partial charge in [-0.1, -0.05) is 84.0 Å². The van der Waals surface area contributed by atoms with E-state index in [1.807, 2.05) is 20.8 Å². The highest BCUT2D eigenvalue weighted by molar-refractivity contribution is 5.69. The largest absolute Gasteiger partial charge is 0.463 e. The molecule has 0 saturated heterocycles. The van der Waals surface area contributed by atoms with E-state index >= 15 is 0 Å². The van der Waals surface area contributed by atoms with E-state index in [2.05, 4.69) is 12.2 Å². The van der Waals surface area contributed by atoms with Gasteiger partial charge in [0.2, 0.25) is 0 Å². The van der Waals surface area contributed by atoms with Crippen molar-refractivity contribution in [2.24, 2.45) is 0 Å². The monoisotopic (exact) mass is 708 g/mol. The second kappa shape index (κ2) is 37.7. The number of carbonyl (C=O) groups is 2. The van der Waals surface area contributed by atoms with Crippen molar-refractivity contribution >= 4 is 12.1 Å². The number of alkyl carbamates (subject to hydrolysis) is 1. The predicted octanol–water partition coefficient (Wildman–Crippen LogP) is 6.65. The van der Waals surface area contributed by atoms with Crippen LogP contribution < -0.4 is 5.32 Å². The van der Waals surface area contributed by atoms with Crippen LogP contribution >= 0.6 is 0 Å². The summed E-state index contributed by atoms with van der Waals surface area (Å²) in [6.07, 6.45) is 16.8. The topological polar surface area (TPSA) is 129 Å². The molecule has 292 valence electrons. The normalized spacial score (nSPS) is 11.6. The average Bonchev–Trinajstić information content (AvgIpc) is 3.06. The molecule has 0 bridgehead atoms. The van der Waals surface area contributed by atoms with E-state index in [0.29, 0.717) is 105 Å². The second-order valence-electron chi connectivity index (χ2n) is 12.9. The molecule has 12 nitrogen and oxygen atoms in total. The van der Waals surface area contributed by atoms with Crippen molar-refractivity contribution in [3.05, 3.63) is 0 Å². The van der Waals surface area contributed by atoms with Crippen LogP contribution in [0.3, 0.4) is 0 Å². The molecule has 0 unspecified atom stereocenters. The molecule has 0 saturated carbocycles. The van der Waals surface area contributed by atoms with Crippen LogP contribution in [-0.4, -0.2) is 123 Å². The standard InChI is InChI=1S/C37H73NO11/c1-5-6-7-8-9-10-11-12-13-14-15-16-17-18-35(39)48-34-33-47-32-31-46-30-29-45-28-27-44-26-25-43-24-23-42-22-21-41-20-19-38-36(40)49-37(2,3)4/h5-34H2,1-4H3,(H,38,40). The first-order valence-corrected chi connectivity index (χ1v) is 19.0. The van der Waals surface area contributed by atoms with Gasteiger partial charge in [0.15, 0.2) is 0 Å². The van der Waals surface area contributed by atoms with E-state index < -0.39 is 11.7 Å². The molecule has 0 atom stereocenters. The molecule has 1 N–H and O–H groups in total. The number of esters is 1. The van der Waals surface area contributed by atoms with Crippen molar-refractivity contribution in [1.82, 2.24) is 5.32 Å². The van der Waals surface area contributed by atoms with Crippen molar-refractivity contribution in [3.8, 4) is 0 Å². The highest BCUT2D eigenvalue weighted by Crippen LogP contribution is 2.13. The smallest absolute Gasteiger partial charge is 0.407 e. The zero-order valence-electron chi connectivity index (χ0n) is 31.7. The van der Waals surface area contributed by atoms with Crippen LogP contribution in [0.5, 0.6) is 0 Å². The van der Waals surface area contributed by atoms with E-state index in [9.17, 15) is 9.59 Å². The SMILES string of the molecule is CCCCCCCCCCCCCCCC(=O)OCCOCCOCCOCCOCCOCCOCCOCCNC(=O)OC(C)(C)C. The van der Waals surface area contributed by atoms with Crippen molar-refractivity contribution < 1.29 is 52.2 Å². The molecule has 0 aliphatic rings. The maximum Gasteiger partial charge on any atom is 0.407 e. The van der Waals surface area contributed by atoms with Crippen molar-refractivity contribution in [3.63, 3.8) is 0 Å². The van der Waals surface area contributed by atoms with Crippen molar-refractivity contribution in [2.75, 3.05) is 106 Å². The number of ether oxygens (including phenoxy) is 9. The van der Waals surface area contributed by atoms with Gasteiger partial charge in [0.25, 0.3) is 0 Å². The summed E-state index contributed by atoms with van der Waals surface area (Å²) in [5.74, 6) is -0.135. The lowest BCUT2D eigenvalue weighted by Crippen LogP contribution is -2.34. The summed E-state index contributed by atoms with van der Waals surface area (Å²) in [5, 5.41) is 2.63. The summed E-state index contributed by atoms with van der Waals surface area (Å²) in [6, 6.07) is 0. The highest BCUT2D eigenvalue weighted by Gasteiger charge is 2.15. The van der Waals surface area contributed by atoms with Gasteiger partial charge in [0.1, 0.15) is 12.2 Å². The van der Waals surface area contributed by atoms with Gasteiger partial charge >= 0.3 is 12.1 Å². The van der Waals surface area contributed by atoms with Crippen LogP contribution in [0.2, 0.25) is 0 Å². The quantitative estimate of drug-likeness (QED) is 0.0547. The first-order chi connectivity index (χ1) is 23.8. The summed E-state index contributed by atoms with van der Waals surface area (Å²) in [7, 11) is 0. The minimum atomic E-state index is -0.511. The maximum atomic E-state index is 11.9. The fourth-order valence-corrected chi connectivity index (χ4v) is 4.53. The molecule has 0 aliphatic heterocycles. The lowest BCUT2D eigenvalue weighted by molar-refractivity contribution is -0.145. The predicted molar refractivity (Wildman–Crippen MR) is 191 cm³/mol. The van der Waals surface area contributed by atoms with Crippen molar-refractivity contribution in [2.45, 2.75) is 123 Å². The molecule has 0 heterocycles. The maximum absolute atomic E-state index is 11.9. The van der Waals surface area contributed by atoms with E-state index in [0.717, 1.165) is 12.8 Å². The Morgan fingerprint density at radius 3 is 1.14 bits per heavy atom. The molecule has 0 aromatic carbocycles. The summed E-state index contributed by atoms with van der Waals surface area (Å²) in [4.78, 5) is 23.3. The molecule has 0 aromatic heterocycles. The van der Waals surface area contributed by atoms with Gasteiger partial charge < -0.3 is 47.9 Å². The first-order valence-electron chi connectivity index (χ1n) is 19.0. The minimum absolute atomic E-state index is 0.135. The minimum Gasteiger partial charge on any atom is -0.463 e. The number of carbonyl (C=O) groups excluding carboxylic acids is 2. The number of amides is 1. The Morgan fingerprint density at radius 1 is 0.449 bits per heavy atom. The lowest BCUT2D eigenvalue weighted by atomic mass is 10.0. The van der Waals surface area contributed by atoms with Crippen LogP contribution in [0.25, 0.3) is 0 Å². The molecule has 49 heavy (non-hydrogen) atoms. The zero-order chi connectivity index (χ0) is 35.9. The van der Waals surface area contributed by atoms with Crippen LogP contribution in [0.15, 0.2) is 0 Å². The fourth-order valence-electron chi connectivity index (χ4n) is 4.53. The van der Waals surface area contributed by atoms with Gasteiger partial charge in [-0.15, -0.1) is 0 Å². The summed E-state index contributed by atoms with van der Waals surface area (Å²) in [5.41, 5.74) is -0.511. The van der Waals surface area contributed by atoms with Crippen LogP contribution in [0, 0.1) is 0 Å². The lowest BCUT2D eigenvalue weighted by Gasteiger charge is -2.19. The molecule has 0 rings (SSSR count). The van der Waals surface area contributed by atoms with Crippen molar-refractivity contribution in [1.29, 1.82) is 0 Å². The zero-order valence-corrected chi connectivity index (χ0v) is 31.7. The number of nitrogens with one attached hydrogen (secondary N) is 1. The molecule has 0 spiro atoms. The first kappa shape index (κ1) is 47.5. The second-order valence-corrected chi connectivity index (χ2v) is 12.9. The molecule has 0 aliphatic carbocycles. The van der Waals surface area contributed by atoms with E-state index in [1.165, 1.54) is 70.6 Å². The Morgan fingerprint density at radius 2 is 0.776 bits per heavy atom. The van der Waals surface area contributed by atoms with Crippen LogP contribution in [-0.2, 0) is 47.4 Å². The average molecular weight is 708 g/mol. The third-order valence-electron chi connectivity index (χ3n) is 7.12. The summed E-state index contributed by atoms with van der Waals surface area (Å²) in [6.45, 7) is 14.8. The molecular weight excluding hydrogens is 634 g/mol. The molecule has 12 heteroatoms. The Bertz CT molecular complexity index is 706. The van der Waals surface area contributed by atoms with Gasteiger partial charge in [0.05, 0.1) is 92.5 Å². The van der Waals surface area contributed by atoms with Gasteiger partial charge in [-0.2, -0.15) is 0 Å². The Labute approximate surface area is 298 Å². The molecule has 0 radical (unpaired) electrons. The molecule has 1 amide bonds. The Kier molecular flexibility index (Phi) is 36.5. The third kappa shape index (κ3) is 42.5. The number of hydrogen-bond acceptors (Lipinski definition) is 11. The fraction of sp³-hybridized carbons (Fsp3) is 0.946. The van der Waals surface area contributed by atoms with Crippen LogP contribution in [0.4, 0.5) is 4.79 Å². The number of rotatable bonds is 38. The van der Waals surface area contributed by atoms with Gasteiger partial charge in [-0.05, 0) is 27.2 Å². The molecule has 0 aromatic rings. The van der Waals surface area contributed by atoms with E-state index in [1.54, 1.807) is 0 Å². The summed E-state index contributed by atoms with van der Waals surface area (Å²) >= 11 is 0. The Balaban J connectivity index is 3.17. The van der Waals surface area contributed by atoms with Gasteiger partial charge in [0, 0.05) is 13.0 Å². The number of unbranched alkanes of at least 4 members (excludes halogenated alkanes) is 12. The highest BCUT2D eigenvalue weighted by atomic mass is 16.6. The molecule has 0 fully saturated rings. The third-order valence-corrected chi connectivity index (χ3v) is 7.12. The summed E-state index contributed by atoms with van der Waals surface area (Å²) < 4.78 is 48.6. The molecular formula is C37H73NO11.